The van der Waals surface area contributed by atoms with Gasteiger partial charge in [0.05, 0.1) is 12.3 Å². The van der Waals surface area contributed by atoms with Crippen molar-refractivity contribution in [3.05, 3.63) is 71.0 Å². The van der Waals surface area contributed by atoms with Crippen LogP contribution in [0.4, 0.5) is 5.69 Å². The van der Waals surface area contributed by atoms with E-state index in [0.717, 1.165) is 16.8 Å². The third-order valence-corrected chi connectivity index (χ3v) is 3.85. The van der Waals surface area contributed by atoms with Crippen molar-refractivity contribution >= 4 is 11.6 Å². The Bertz CT molecular complexity index is 867. The standard InChI is InChI=1S/C19H20N4O2/c1-13-4-8-15(9-5-13)20-19(24)18-17(12-25-3)23(22-21-18)16-10-6-14(2)7-11-16/h4-11H,12H2,1-3H3,(H,20,24). The van der Waals surface area contributed by atoms with Gasteiger partial charge in [0.2, 0.25) is 0 Å². The van der Waals surface area contributed by atoms with Gasteiger partial charge in [-0.05, 0) is 38.1 Å². The molecular formula is C19H20N4O2. The Morgan fingerprint density at radius 1 is 1.04 bits per heavy atom. The number of hydrogen-bond donors (Lipinski definition) is 1. The molecule has 0 fully saturated rings. The van der Waals surface area contributed by atoms with Crippen molar-refractivity contribution in [1.82, 2.24) is 15.0 Å². The highest BCUT2D eigenvalue weighted by molar-refractivity contribution is 6.03. The molecule has 1 heterocycles. The molecule has 0 atom stereocenters. The molecule has 0 unspecified atom stereocenters. The minimum absolute atomic E-state index is 0.234. The molecule has 1 amide bonds. The lowest BCUT2D eigenvalue weighted by molar-refractivity contribution is 0.101. The van der Waals surface area contributed by atoms with Crippen LogP contribution in [0.1, 0.15) is 27.3 Å². The van der Waals surface area contributed by atoms with Gasteiger partial charge in [-0.3, -0.25) is 4.79 Å². The number of nitrogens with one attached hydrogen (secondary N) is 1. The minimum Gasteiger partial charge on any atom is -0.378 e. The number of aryl methyl sites for hydroxylation is 2. The van der Waals surface area contributed by atoms with E-state index in [-0.39, 0.29) is 18.2 Å². The number of anilines is 1. The number of benzene rings is 2. The molecule has 0 aliphatic heterocycles. The van der Waals surface area contributed by atoms with E-state index in [1.54, 1.807) is 11.8 Å². The fraction of sp³-hybridized carbons (Fsp3) is 0.211. The van der Waals surface area contributed by atoms with Crippen molar-refractivity contribution in [2.24, 2.45) is 0 Å². The second-order valence-corrected chi connectivity index (χ2v) is 5.89. The molecular weight excluding hydrogens is 316 g/mol. The van der Waals surface area contributed by atoms with Crippen LogP contribution in [-0.2, 0) is 11.3 Å². The fourth-order valence-electron chi connectivity index (χ4n) is 2.46. The molecule has 6 nitrogen and oxygen atoms in total. The zero-order valence-corrected chi connectivity index (χ0v) is 14.5. The van der Waals surface area contributed by atoms with Crippen molar-refractivity contribution in [3.63, 3.8) is 0 Å². The van der Waals surface area contributed by atoms with Gasteiger partial charge in [0.15, 0.2) is 5.69 Å². The number of hydrogen-bond acceptors (Lipinski definition) is 4. The average Bonchev–Trinajstić information content (AvgIpc) is 3.02. The maximum Gasteiger partial charge on any atom is 0.278 e. The summed E-state index contributed by atoms with van der Waals surface area (Å²) in [5.74, 6) is -0.311. The Labute approximate surface area is 146 Å². The van der Waals surface area contributed by atoms with Crippen LogP contribution in [-0.4, -0.2) is 28.0 Å². The number of rotatable bonds is 5. The largest absolute Gasteiger partial charge is 0.378 e. The molecule has 0 spiro atoms. The Balaban J connectivity index is 1.91. The van der Waals surface area contributed by atoms with E-state index < -0.39 is 0 Å². The van der Waals surface area contributed by atoms with Crippen LogP contribution >= 0.6 is 0 Å². The van der Waals surface area contributed by atoms with Gasteiger partial charge < -0.3 is 10.1 Å². The normalized spacial score (nSPS) is 10.7. The molecule has 2 aromatic carbocycles. The molecule has 25 heavy (non-hydrogen) atoms. The number of amides is 1. The molecule has 0 saturated heterocycles. The summed E-state index contributed by atoms with van der Waals surface area (Å²) in [5.41, 5.74) is 4.68. The lowest BCUT2D eigenvalue weighted by atomic mass is 10.2. The van der Waals surface area contributed by atoms with E-state index in [0.29, 0.717) is 11.4 Å². The van der Waals surface area contributed by atoms with Gasteiger partial charge in [0.25, 0.3) is 5.91 Å². The summed E-state index contributed by atoms with van der Waals surface area (Å²) in [6.07, 6.45) is 0. The number of methoxy groups -OCH3 is 1. The first-order valence-corrected chi connectivity index (χ1v) is 7.97. The van der Waals surface area contributed by atoms with E-state index in [9.17, 15) is 4.79 Å². The molecule has 1 aromatic heterocycles. The van der Waals surface area contributed by atoms with E-state index in [2.05, 4.69) is 15.6 Å². The van der Waals surface area contributed by atoms with Gasteiger partial charge in [-0.25, -0.2) is 4.68 Å². The third-order valence-electron chi connectivity index (χ3n) is 3.85. The number of nitrogens with zero attached hydrogens (tertiary/aromatic N) is 3. The number of carbonyl (C=O) groups excluding carboxylic acids is 1. The van der Waals surface area contributed by atoms with Crippen molar-refractivity contribution in [1.29, 1.82) is 0 Å². The van der Waals surface area contributed by atoms with Gasteiger partial charge >= 0.3 is 0 Å². The summed E-state index contributed by atoms with van der Waals surface area (Å²) in [5, 5.41) is 11.1. The second-order valence-electron chi connectivity index (χ2n) is 5.89. The van der Waals surface area contributed by atoms with Gasteiger partial charge in [-0.2, -0.15) is 0 Å². The summed E-state index contributed by atoms with van der Waals surface area (Å²) in [4.78, 5) is 12.6. The van der Waals surface area contributed by atoms with Crippen LogP contribution in [0, 0.1) is 13.8 Å². The predicted molar refractivity (Wildman–Crippen MR) is 95.9 cm³/mol. The van der Waals surface area contributed by atoms with Crippen LogP contribution in [0.2, 0.25) is 0 Å². The molecule has 3 rings (SSSR count). The smallest absolute Gasteiger partial charge is 0.278 e. The molecule has 0 aliphatic carbocycles. The number of ether oxygens (including phenoxy) is 1. The number of aromatic nitrogens is 3. The first-order valence-electron chi connectivity index (χ1n) is 7.97. The van der Waals surface area contributed by atoms with Gasteiger partial charge in [-0.1, -0.05) is 40.6 Å². The van der Waals surface area contributed by atoms with Crippen LogP contribution in [0.5, 0.6) is 0 Å². The zero-order valence-electron chi connectivity index (χ0n) is 14.5. The first kappa shape index (κ1) is 16.9. The minimum atomic E-state index is -0.311. The van der Waals surface area contributed by atoms with Crippen LogP contribution in [0.15, 0.2) is 48.5 Å². The lowest BCUT2D eigenvalue weighted by Gasteiger charge is -2.08. The van der Waals surface area contributed by atoms with Crippen molar-refractivity contribution in [2.45, 2.75) is 20.5 Å². The first-order chi connectivity index (χ1) is 12.1. The molecule has 128 valence electrons. The summed E-state index contributed by atoms with van der Waals surface area (Å²) < 4.78 is 6.88. The highest BCUT2D eigenvalue weighted by Gasteiger charge is 2.20. The maximum absolute atomic E-state index is 12.6. The quantitative estimate of drug-likeness (QED) is 0.776. The van der Waals surface area contributed by atoms with Crippen LogP contribution in [0.25, 0.3) is 5.69 Å². The highest BCUT2D eigenvalue weighted by atomic mass is 16.5. The Hall–Kier alpha value is -2.99. The number of carbonyl (C=O) groups is 1. The summed E-state index contributed by atoms with van der Waals surface area (Å²) >= 11 is 0. The van der Waals surface area contributed by atoms with E-state index >= 15 is 0 Å². The average molecular weight is 336 g/mol. The third kappa shape index (κ3) is 3.75. The van der Waals surface area contributed by atoms with E-state index in [4.69, 9.17) is 4.74 Å². The van der Waals surface area contributed by atoms with Crippen molar-refractivity contribution in [3.8, 4) is 5.69 Å². The molecule has 1 N–H and O–H groups in total. The summed E-state index contributed by atoms with van der Waals surface area (Å²) in [7, 11) is 1.58. The van der Waals surface area contributed by atoms with Crippen molar-refractivity contribution in [2.75, 3.05) is 12.4 Å². The predicted octanol–water partition coefficient (Wildman–Crippen LogP) is 3.28. The molecule has 6 heteroatoms. The summed E-state index contributed by atoms with van der Waals surface area (Å²) in [6.45, 7) is 4.24. The SMILES string of the molecule is COCc1c(C(=O)Nc2ccc(C)cc2)nnn1-c1ccc(C)cc1. The van der Waals surface area contributed by atoms with Gasteiger partial charge in [0, 0.05) is 12.8 Å². The van der Waals surface area contributed by atoms with E-state index in [1.165, 1.54) is 0 Å². The Kier molecular flexibility index (Phi) is 4.90. The molecule has 0 bridgehead atoms. The maximum atomic E-state index is 12.6. The van der Waals surface area contributed by atoms with Crippen LogP contribution in [0.3, 0.4) is 0 Å². The Morgan fingerprint density at radius 3 is 2.24 bits per heavy atom. The Morgan fingerprint density at radius 2 is 1.64 bits per heavy atom. The zero-order chi connectivity index (χ0) is 17.8. The molecule has 0 radical (unpaired) electrons. The topological polar surface area (TPSA) is 69.0 Å². The molecule has 0 saturated carbocycles. The van der Waals surface area contributed by atoms with Crippen molar-refractivity contribution < 1.29 is 9.53 Å². The van der Waals surface area contributed by atoms with E-state index in [1.807, 2.05) is 62.4 Å². The monoisotopic (exact) mass is 336 g/mol. The summed E-state index contributed by atoms with van der Waals surface area (Å²) in [6, 6.07) is 15.4. The molecule has 0 aliphatic rings. The fourth-order valence-corrected chi connectivity index (χ4v) is 2.46. The van der Waals surface area contributed by atoms with Gasteiger partial charge in [-0.15, -0.1) is 5.10 Å². The molecule has 3 aromatic rings. The van der Waals surface area contributed by atoms with Crippen LogP contribution < -0.4 is 5.32 Å². The second kappa shape index (κ2) is 7.27. The highest BCUT2D eigenvalue weighted by Crippen LogP contribution is 2.17. The van der Waals surface area contributed by atoms with Gasteiger partial charge in [0.1, 0.15) is 5.69 Å². The lowest BCUT2D eigenvalue weighted by Crippen LogP contribution is -2.16.